The summed E-state index contributed by atoms with van der Waals surface area (Å²) >= 11 is 0. The molecule has 0 bridgehead atoms. The molecular formula is C13H11NO3. The highest BCUT2D eigenvalue weighted by Crippen LogP contribution is 2.25. The largest absolute Gasteiger partial charge is 0.497 e. The first-order chi connectivity index (χ1) is 8.22. The number of aromatic nitrogens is 1. The molecule has 17 heavy (non-hydrogen) atoms. The number of hydrogen-bond acceptors (Lipinski definition) is 3. The minimum Gasteiger partial charge on any atom is -0.497 e. The molecule has 0 saturated carbocycles. The first kappa shape index (κ1) is 11.1. The molecule has 0 aliphatic heterocycles. The van der Waals surface area contributed by atoms with Crippen molar-refractivity contribution in [3.05, 3.63) is 48.3 Å². The highest BCUT2D eigenvalue weighted by Gasteiger charge is 2.12. The van der Waals surface area contributed by atoms with E-state index in [1.54, 1.807) is 31.4 Å². The van der Waals surface area contributed by atoms with Gasteiger partial charge in [0.05, 0.1) is 7.11 Å². The Morgan fingerprint density at radius 1 is 1.29 bits per heavy atom. The minimum absolute atomic E-state index is 0.0424. The van der Waals surface area contributed by atoms with Crippen LogP contribution in [0, 0.1) is 0 Å². The first-order valence-corrected chi connectivity index (χ1v) is 5.05. The molecule has 0 fully saturated rings. The maximum Gasteiger partial charge on any atom is 0.355 e. The molecule has 1 N–H and O–H groups in total. The zero-order valence-electron chi connectivity index (χ0n) is 9.25. The Hall–Kier alpha value is -2.36. The van der Waals surface area contributed by atoms with E-state index in [-0.39, 0.29) is 5.69 Å². The van der Waals surface area contributed by atoms with E-state index in [4.69, 9.17) is 9.84 Å². The fraction of sp³-hybridized carbons (Fsp3) is 0.0769. The number of nitrogens with zero attached hydrogens (tertiary/aromatic N) is 1. The van der Waals surface area contributed by atoms with Crippen LogP contribution in [-0.4, -0.2) is 23.2 Å². The number of methoxy groups -OCH3 is 1. The van der Waals surface area contributed by atoms with Crippen LogP contribution >= 0.6 is 0 Å². The lowest BCUT2D eigenvalue weighted by atomic mass is 10.0. The first-order valence-electron chi connectivity index (χ1n) is 5.05. The van der Waals surface area contributed by atoms with Crippen molar-refractivity contribution >= 4 is 5.97 Å². The molecule has 0 atom stereocenters. The van der Waals surface area contributed by atoms with Gasteiger partial charge < -0.3 is 9.84 Å². The van der Waals surface area contributed by atoms with Gasteiger partial charge in [-0.3, -0.25) is 0 Å². The van der Waals surface area contributed by atoms with Crippen molar-refractivity contribution < 1.29 is 14.6 Å². The second-order valence-electron chi connectivity index (χ2n) is 3.44. The fourth-order valence-corrected chi connectivity index (χ4v) is 1.60. The van der Waals surface area contributed by atoms with Gasteiger partial charge in [0.25, 0.3) is 0 Å². The van der Waals surface area contributed by atoms with Gasteiger partial charge in [-0.2, -0.15) is 0 Å². The molecular weight excluding hydrogens is 218 g/mol. The van der Waals surface area contributed by atoms with Crippen LogP contribution in [0.2, 0.25) is 0 Å². The summed E-state index contributed by atoms with van der Waals surface area (Å²) in [5, 5.41) is 9.06. The molecule has 2 rings (SSSR count). The number of pyridine rings is 1. The molecule has 0 unspecified atom stereocenters. The zero-order chi connectivity index (χ0) is 12.3. The molecule has 0 spiro atoms. The van der Waals surface area contributed by atoms with Gasteiger partial charge in [0.15, 0.2) is 5.69 Å². The van der Waals surface area contributed by atoms with Crippen LogP contribution in [0.5, 0.6) is 5.75 Å². The number of hydrogen-bond donors (Lipinski definition) is 1. The van der Waals surface area contributed by atoms with Gasteiger partial charge in [-0.1, -0.05) is 18.2 Å². The zero-order valence-corrected chi connectivity index (χ0v) is 9.25. The Morgan fingerprint density at radius 2 is 2.12 bits per heavy atom. The highest BCUT2D eigenvalue weighted by atomic mass is 16.5. The average molecular weight is 229 g/mol. The van der Waals surface area contributed by atoms with E-state index in [2.05, 4.69) is 4.98 Å². The third-order valence-corrected chi connectivity index (χ3v) is 2.39. The molecule has 0 aliphatic carbocycles. The van der Waals surface area contributed by atoms with Crippen LogP contribution in [0.3, 0.4) is 0 Å². The lowest BCUT2D eigenvalue weighted by molar-refractivity contribution is 0.0691. The van der Waals surface area contributed by atoms with E-state index in [1.807, 2.05) is 12.1 Å². The Bertz CT molecular complexity index is 552. The fourth-order valence-electron chi connectivity index (χ4n) is 1.60. The monoisotopic (exact) mass is 229 g/mol. The van der Waals surface area contributed by atoms with Crippen molar-refractivity contribution in [1.29, 1.82) is 0 Å². The Labute approximate surface area is 98.5 Å². The van der Waals surface area contributed by atoms with Crippen molar-refractivity contribution in [3.63, 3.8) is 0 Å². The molecule has 1 aromatic heterocycles. The lowest BCUT2D eigenvalue weighted by Gasteiger charge is -2.06. The highest BCUT2D eigenvalue weighted by molar-refractivity contribution is 5.93. The normalized spacial score (nSPS) is 9.94. The summed E-state index contributed by atoms with van der Waals surface area (Å²) in [6.45, 7) is 0. The number of rotatable bonds is 3. The number of benzene rings is 1. The number of aromatic carboxylic acids is 1. The van der Waals surface area contributed by atoms with Gasteiger partial charge >= 0.3 is 5.97 Å². The summed E-state index contributed by atoms with van der Waals surface area (Å²) < 4.78 is 5.11. The molecule has 0 saturated heterocycles. The topological polar surface area (TPSA) is 59.4 Å². The summed E-state index contributed by atoms with van der Waals surface area (Å²) in [5.41, 5.74) is 1.40. The third-order valence-electron chi connectivity index (χ3n) is 2.39. The van der Waals surface area contributed by atoms with Gasteiger partial charge in [-0.05, 0) is 23.8 Å². The molecule has 1 aromatic carbocycles. The predicted molar refractivity (Wildman–Crippen MR) is 63.2 cm³/mol. The Balaban J connectivity index is 2.56. The summed E-state index contributed by atoms with van der Waals surface area (Å²) in [7, 11) is 1.57. The number of carboxylic acids is 1. The van der Waals surface area contributed by atoms with E-state index in [1.165, 1.54) is 6.20 Å². The van der Waals surface area contributed by atoms with Crippen molar-refractivity contribution in [2.24, 2.45) is 0 Å². The van der Waals surface area contributed by atoms with Crippen molar-refractivity contribution in [1.82, 2.24) is 4.98 Å². The second kappa shape index (κ2) is 4.65. The van der Waals surface area contributed by atoms with Crippen LogP contribution < -0.4 is 4.74 Å². The third kappa shape index (κ3) is 2.25. The average Bonchev–Trinajstić information content (AvgIpc) is 2.39. The van der Waals surface area contributed by atoms with Gasteiger partial charge in [-0.25, -0.2) is 9.78 Å². The van der Waals surface area contributed by atoms with Crippen molar-refractivity contribution in [2.45, 2.75) is 0 Å². The summed E-state index contributed by atoms with van der Waals surface area (Å²) in [4.78, 5) is 14.9. The molecule has 0 amide bonds. The van der Waals surface area contributed by atoms with Gasteiger partial charge in [0.1, 0.15) is 5.75 Å². The van der Waals surface area contributed by atoms with Gasteiger partial charge in [0.2, 0.25) is 0 Å². The van der Waals surface area contributed by atoms with E-state index in [0.29, 0.717) is 11.3 Å². The van der Waals surface area contributed by atoms with Crippen molar-refractivity contribution in [3.8, 4) is 16.9 Å². The Morgan fingerprint density at radius 3 is 2.82 bits per heavy atom. The maximum absolute atomic E-state index is 11.1. The number of carbonyl (C=O) groups is 1. The summed E-state index contributed by atoms with van der Waals surface area (Å²) in [6, 6.07) is 10.7. The van der Waals surface area contributed by atoms with Crippen LogP contribution in [-0.2, 0) is 0 Å². The second-order valence-corrected chi connectivity index (χ2v) is 3.44. The van der Waals surface area contributed by atoms with Gasteiger partial charge in [0, 0.05) is 11.8 Å². The molecule has 4 nitrogen and oxygen atoms in total. The molecule has 86 valence electrons. The van der Waals surface area contributed by atoms with Crippen molar-refractivity contribution in [2.75, 3.05) is 7.11 Å². The molecule has 1 heterocycles. The van der Waals surface area contributed by atoms with Gasteiger partial charge in [-0.15, -0.1) is 0 Å². The molecule has 0 radical (unpaired) electrons. The quantitative estimate of drug-likeness (QED) is 0.878. The molecule has 2 aromatic rings. The van der Waals surface area contributed by atoms with Crippen LogP contribution in [0.15, 0.2) is 42.6 Å². The van der Waals surface area contributed by atoms with Crippen LogP contribution in [0.4, 0.5) is 0 Å². The predicted octanol–water partition coefficient (Wildman–Crippen LogP) is 2.46. The van der Waals surface area contributed by atoms with E-state index < -0.39 is 5.97 Å². The molecule has 0 aliphatic rings. The van der Waals surface area contributed by atoms with Crippen LogP contribution in [0.1, 0.15) is 10.5 Å². The van der Waals surface area contributed by atoms with E-state index >= 15 is 0 Å². The molecule has 4 heteroatoms. The van der Waals surface area contributed by atoms with E-state index in [9.17, 15) is 4.79 Å². The van der Waals surface area contributed by atoms with E-state index in [0.717, 1.165) is 5.56 Å². The Kier molecular flexibility index (Phi) is 3.05. The van der Waals surface area contributed by atoms with Crippen LogP contribution in [0.25, 0.3) is 11.1 Å². The summed E-state index contributed by atoms with van der Waals surface area (Å²) in [6.07, 6.45) is 1.47. The lowest BCUT2D eigenvalue weighted by Crippen LogP contribution is -2.02. The smallest absolute Gasteiger partial charge is 0.355 e. The number of carboxylic acid groups (broad SMARTS) is 1. The SMILES string of the molecule is COc1cccc(-c2cccnc2C(=O)O)c1. The maximum atomic E-state index is 11.1. The minimum atomic E-state index is -1.04. The standard InChI is InChI=1S/C13H11NO3/c1-17-10-5-2-4-9(8-10)11-6-3-7-14-12(11)13(15)16/h2-8H,1H3,(H,15,16). The summed E-state index contributed by atoms with van der Waals surface area (Å²) in [5.74, 6) is -0.355. The number of ether oxygens (including phenoxy) is 1.